The lowest BCUT2D eigenvalue weighted by molar-refractivity contribution is -0.124. The first-order chi connectivity index (χ1) is 11.5. The molecule has 1 amide bonds. The number of benzene rings is 1. The van der Waals surface area contributed by atoms with E-state index in [4.69, 9.17) is 0 Å². The van der Waals surface area contributed by atoms with Crippen LogP contribution >= 0.6 is 0 Å². The van der Waals surface area contributed by atoms with Gasteiger partial charge in [0.15, 0.2) is 5.65 Å². The fraction of sp³-hybridized carbons (Fsp3) is 0.278. The molecule has 124 valence electrons. The van der Waals surface area contributed by atoms with Crippen LogP contribution in [0.15, 0.2) is 53.5 Å². The van der Waals surface area contributed by atoms with E-state index in [9.17, 15) is 9.59 Å². The van der Waals surface area contributed by atoms with Gasteiger partial charge in [-0.2, -0.15) is 0 Å². The van der Waals surface area contributed by atoms with Crippen LogP contribution in [0.4, 0.5) is 0 Å². The highest BCUT2D eigenvalue weighted by atomic mass is 16.2. The van der Waals surface area contributed by atoms with Crippen molar-refractivity contribution in [2.24, 2.45) is 0 Å². The van der Waals surface area contributed by atoms with Crippen molar-refractivity contribution < 1.29 is 4.79 Å². The molecule has 3 rings (SSSR count). The van der Waals surface area contributed by atoms with Gasteiger partial charge in [-0.25, -0.2) is 9.48 Å². The molecular weight excluding hydrogens is 304 g/mol. The number of nitrogens with zero attached hydrogens (tertiary/aromatic N) is 3. The highest BCUT2D eigenvalue weighted by molar-refractivity contribution is 5.80. The fourth-order valence-corrected chi connectivity index (χ4v) is 2.58. The summed E-state index contributed by atoms with van der Waals surface area (Å²) in [6.07, 6.45) is 1.64. The average molecular weight is 324 g/mol. The Bertz CT molecular complexity index is 924. The number of hydrogen-bond donors (Lipinski definition) is 1. The molecule has 0 unspecified atom stereocenters. The zero-order chi connectivity index (χ0) is 17.3. The van der Waals surface area contributed by atoms with E-state index in [-0.39, 0.29) is 17.6 Å². The molecule has 1 aromatic carbocycles. The van der Waals surface area contributed by atoms with Crippen molar-refractivity contribution in [1.29, 1.82) is 0 Å². The van der Waals surface area contributed by atoms with Crippen LogP contribution in [-0.2, 0) is 4.79 Å². The first kappa shape index (κ1) is 16.0. The molecule has 0 fully saturated rings. The Kier molecular flexibility index (Phi) is 4.20. The minimum absolute atomic E-state index is 0.145. The van der Waals surface area contributed by atoms with Gasteiger partial charge >= 0.3 is 5.69 Å². The van der Waals surface area contributed by atoms with Crippen LogP contribution in [0.25, 0.3) is 5.65 Å². The Labute approximate surface area is 139 Å². The predicted octanol–water partition coefficient (Wildman–Crippen LogP) is 2.24. The molecule has 0 radical (unpaired) electrons. The highest BCUT2D eigenvalue weighted by Crippen LogP contribution is 2.14. The monoisotopic (exact) mass is 324 g/mol. The second-order valence-electron chi connectivity index (χ2n) is 5.97. The third kappa shape index (κ3) is 2.95. The summed E-state index contributed by atoms with van der Waals surface area (Å²) in [5, 5.41) is 7.17. The second-order valence-corrected chi connectivity index (χ2v) is 5.97. The van der Waals surface area contributed by atoms with Crippen LogP contribution in [0.1, 0.15) is 37.1 Å². The fourth-order valence-electron chi connectivity index (χ4n) is 2.58. The quantitative estimate of drug-likeness (QED) is 0.800. The van der Waals surface area contributed by atoms with Crippen molar-refractivity contribution in [1.82, 2.24) is 19.5 Å². The van der Waals surface area contributed by atoms with Gasteiger partial charge in [-0.05, 0) is 38.5 Å². The summed E-state index contributed by atoms with van der Waals surface area (Å²) in [6, 6.07) is 12.4. The number of nitrogens with one attached hydrogen (secondary N) is 1. The molecule has 1 N–H and O–H groups in total. The average Bonchev–Trinajstić information content (AvgIpc) is 2.92. The number of pyridine rings is 1. The molecule has 6 nitrogen and oxygen atoms in total. The van der Waals surface area contributed by atoms with Crippen molar-refractivity contribution in [3.8, 4) is 0 Å². The van der Waals surface area contributed by atoms with E-state index >= 15 is 0 Å². The first-order valence-corrected chi connectivity index (χ1v) is 7.90. The lowest BCUT2D eigenvalue weighted by Gasteiger charge is -2.17. The van der Waals surface area contributed by atoms with Crippen molar-refractivity contribution in [2.45, 2.75) is 32.9 Å². The van der Waals surface area contributed by atoms with Gasteiger partial charge in [0.1, 0.15) is 6.04 Å². The molecule has 2 aromatic heterocycles. The van der Waals surface area contributed by atoms with Gasteiger partial charge in [-0.3, -0.25) is 9.20 Å². The maximum absolute atomic E-state index is 12.5. The lowest BCUT2D eigenvalue weighted by Crippen LogP contribution is -2.37. The second kappa shape index (κ2) is 6.31. The zero-order valence-corrected chi connectivity index (χ0v) is 13.9. The minimum atomic E-state index is -0.690. The molecule has 0 aliphatic carbocycles. The van der Waals surface area contributed by atoms with Gasteiger partial charge < -0.3 is 5.32 Å². The van der Waals surface area contributed by atoms with Gasteiger partial charge in [0.05, 0.1) is 6.04 Å². The number of carbonyl (C=O) groups excluding carboxylic acids is 1. The van der Waals surface area contributed by atoms with E-state index in [1.54, 1.807) is 31.3 Å². The zero-order valence-electron chi connectivity index (χ0n) is 13.9. The predicted molar refractivity (Wildman–Crippen MR) is 91.9 cm³/mol. The Hall–Kier alpha value is -2.89. The molecule has 0 bridgehead atoms. The van der Waals surface area contributed by atoms with Gasteiger partial charge in [0.25, 0.3) is 0 Å². The molecule has 0 aliphatic heterocycles. The number of rotatable bonds is 4. The van der Waals surface area contributed by atoms with Crippen molar-refractivity contribution in [3.63, 3.8) is 0 Å². The number of fused-ring (bicyclic) bond motifs is 1. The Morgan fingerprint density at radius 2 is 1.83 bits per heavy atom. The van der Waals surface area contributed by atoms with Crippen molar-refractivity contribution in [3.05, 3.63) is 70.3 Å². The normalized spacial score (nSPS) is 13.6. The van der Waals surface area contributed by atoms with E-state index in [0.717, 1.165) is 5.56 Å². The number of hydrogen-bond acceptors (Lipinski definition) is 3. The molecule has 6 heteroatoms. The standard InChI is InChI=1S/C18H20N4O2/c1-12-7-9-15(10-8-12)13(2)19-17(23)14(3)22-18(24)21-11-5-4-6-16(21)20-22/h4-11,13-14H,1-3H3,(H,19,23)/t13-,14-/m0/s1. The molecule has 3 aromatic rings. The Morgan fingerprint density at radius 1 is 1.12 bits per heavy atom. The largest absolute Gasteiger partial charge is 0.351 e. The van der Waals surface area contributed by atoms with E-state index in [2.05, 4.69) is 10.4 Å². The first-order valence-electron chi connectivity index (χ1n) is 7.90. The number of aromatic nitrogens is 3. The van der Waals surface area contributed by atoms with Crippen LogP contribution in [-0.4, -0.2) is 20.1 Å². The summed E-state index contributed by atoms with van der Waals surface area (Å²) in [7, 11) is 0. The molecule has 0 saturated heterocycles. The summed E-state index contributed by atoms with van der Waals surface area (Å²) in [5.74, 6) is -0.242. The molecule has 0 spiro atoms. The van der Waals surface area contributed by atoms with Crippen molar-refractivity contribution >= 4 is 11.6 Å². The summed E-state index contributed by atoms with van der Waals surface area (Å²) in [6.45, 7) is 5.61. The molecule has 2 atom stereocenters. The summed E-state index contributed by atoms with van der Waals surface area (Å²) in [4.78, 5) is 24.9. The molecule has 0 saturated carbocycles. The van der Waals surface area contributed by atoms with Crippen molar-refractivity contribution in [2.75, 3.05) is 0 Å². The highest BCUT2D eigenvalue weighted by Gasteiger charge is 2.21. The molecular formula is C18H20N4O2. The van der Waals surface area contributed by atoms with E-state index in [1.807, 2.05) is 38.1 Å². The number of amides is 1. The SMILES string of the molecule is Cc1ccc([C@H](C)NC(=O)[C@H](C)n2nc3ccccn3c2=O)cc1. The summed E-state index contributed by atoms with van der Waals surface area (Å²) < 4.78 is 2.64. The van der Waals surface area contributed by atoms with Crippen LogP contribution in [0, 0.1) is 6.92 Å². The maximum Gasteiger partial charge on any atom is 0.351 e. The topological polar surface area (TPSA) is 68.4 Å². The van der Waals surface area contributed by atoms with Crippen LogP contribution < -0.4 is 11.0 Å². The third-order valence-corrected chi connectivity index (χ3v) is 4.13. The van der Waals surface area contributed by atoms with Gasteiger partial charge in [-0.1, -0.05) is 35.9 Å². The van der Waals surface area contributed by atoms with Gasteiger partial charge in [0, 0.05) is 6.20 Å². The van der Waals surface area contributed by atoms with E-state index in [0.29, 0.717) is 5.65 Å². The van der Waals surface area contributed by atoms with Crippen LogP contribution in [0.3, 0.4) is 0 Å². The number of carbonyl (C=O) groups is 1. The molecule has 24 heavy (non-hydrogen) atoms. The smallest absolute Gasteiger partial charge is 0.348 e. The minimum Gasteiger partial charge on any atom is -0.348 e. The van der Waals surface area contributed by atoms with Crippen LogP contribution in [0.5, 0.6) is 0 Å². The lowest BCUT2D eigenvalue weighted by atomic mass is 10.1. The summed E-state index contributed by atoms with van der Waals surface area (Å²) in [5.41, 5.74) is 2.38. The van der Waals surface area contributed by atoms with Gasteiger partial charge in [-0.15, -0.1) is 5.10 Å². The molecule has 0 aliphatic rings. The number of aryl methyl sites for hydroxylation is 1. The third-order valence-electron chi connectivity index (χ3n) is 4.13. The maximum atomic E-state index is 12.5. The molecule has 2 heterocycles. The van der Waals surface area contributed by atoms with E-state index < -0.39 is 6.04 Å². The van der Waals surface area contributed by atoms with E-state index in [1.165, 1.54) is 14.6 Å². The Balaban J connectivity index is 1.80. The Morgan fingerprint density at radius 3 is 2.50 bits per heavy atom. The summed E-state index contributed by atoms with van der Waals surface area (Å²) >= 11 is 0. The van der Waals surface area contributed by atoms with Gasteiger partial charge in [0.2, 0.25) is 5.91 Å². The van der Waals surface area contributed by atoms with Crippen LogP contribution in [0.2, 0.25) is 0 Å².